The van der Waals surface area contributed by atoms with Gasteiger partial charge in [0.05, 0.1) is 6.54 Å². The Balaban J connectivity index is 1.65. The number of aromatic hydroxyl groups is 1. The molecule has 6 atom stereocenters. The van der Waals surface area contributed by atoms with Crippen LogP contribution >= 0.6 is 0 Å². The topological polar surface area (TPSA) is 98.9 Å². The first kappa shape index (κ1) is 19.2. The van der Waals surface area contributed by atoms with Crippen molar-refractivity contribution in [2.45, 2.75) is 64.1 Å². The number of nitrogens with two attached hydrogens (primary N) is 1. The molecule has 152 valence electrons. The molecule has 6 heteroatoms. The Labute approximate surface area is 165 Å². The van der Waals surface area contributed by atoms with E-state index in [1.54, 1.807) is 6.07 Å². The monoisotopic (exact) mass is 387 g/mol. The summed E-state index contributed by atoms with van der Waals surface area (Å²) in [7, 11) is 0. The average Bonchev–Trinajstić information content (AvgIpc) is 2.92. The number of aryl methyl sites for hydroxylation is 1. The normalized spacial score (nSPS) is 36.0. The van der Waals surface area contributed by atoms with Crippen molar-refractivity contribution in [3.05, 3.63) is 29.3 Å². The van der Waals surface area contributed by atoms with E-state index < -0.39 is 18.2 Å². The van der Waals surface area contributed by atoms with Gasteiger partial charge in [-0.1, -0.05) is 13.0 Å². The van der Waals surface area contributed by atoms with E-state index >= 15 is 0 Å². The van der Waals surface area contributed by atoms with E-state index in [2.05, 4.69) is 13.0 Å². The lowest BCUT2D eigenvalue weighted by atomic mass is 9.55. The van der Waals surface area contributed by atoms with Crippen LogP contribution in [0.2, 0.25) is 0 Å². The summed E-state index contributed by atoms with van der Waals surface area (Å²) in [6, 6.07) is 5.73. The number of carbonyl (C=O) groups is 2. The van der Waals surface area contributed by atoms with Crippen LogP contribution in [0.3, 0.4) is 0 Å². The highest BCUT2D eigenvalue weighted by Gasteiger charge is 2.61. The minimum atomic E-state index is -0.453. The number of phenolic OH excluding ortho intramolecular Hbond substituents is 1. The van der Waals surface area contributed by atoms with Gasteiger partial charge in [0.15, 0.2) is 0 Å². The summed E-state index contributed by atoms with van der Waals surface area (Å²) in [6.07, 6.45) is 3.73. The Bertz CT molecular complexity index is 793. The lowest BCUT2D eigenvalue weighted by Crippen LogP contribution is -2.47. The molecule has 4 rings (SSSR count). The summed E-state index contributed by atoms with van der Waals surface area (Å²) in [5, 5.41) is 9.83. The van der Waals surface area contributed by atoms with Crippen LogP contribution in [0.25, 0.3) is 0 Å². The molecule has 0 heterocycles. The van der Waals surface area contributed by atoms with Crippen molar-refractivity contribution < 1.29 is 24.2 Å². The summed E-state index contributed by atoms with van der Waals surface area (Å²) in [6.45, 7) is 3.42. The van der Waals surface area contributed by atoms with Crippen molar-refractivity contribution >= 4 is 11.9 Å². The molecule has 1 aromatic rings. The van der Waals surface area contributed by atoms with Crippen LogP contribution in [0.4, 0.5) is 0 Å². The highest BCUT2D eigenvalue weighted by atomic mass is 16.6. The largest absolute Gasteiger partial charge is 0.508 e. The van der Waals surface area contributed by atoms with E-state index in [1.807, 2.05) is 6.07 Å². The van der Waals surface area contributed by atoms with E-state index in [0.717, 1.165) is 25.7 Å². The molecule has 6 nitrogen and oxygen atoms in total. The van der Waals surface area contributed by atoms with Crippen molar-refractivity contribution in [2.75, 3.05) is 6.54 Å². The third-order valence-corrected chi connectivity index (χ3v) is 7.36. The maximum absolute atomic E-state index is 11.9. The fourth-order valence-corrected chi connectivity index (χ4v) is 6.23. The molecule has 0 aromatic heterocycles. The summed E-state index contributed by atoms with van der Waals surface area (Å²) in [4.78, 5) is 23.7. The second kappa shape index (κ2) is 7.07. The molecule has 2 saturated carbocycles. The van der Waals surface area contributed by atoms with E-state index in [-0.39, 0.29) is 17.9 Å². The number of rotatable bonds is 3. The second-order valence-corrected chi connectivity index (χ2v) is 8.84. The molecule has 0 radical (unpaired) electrons. The number of ether oxygens (including phenoxy) is 2. The Hall–Kier alpha value is -2.08. The molecule has 28 heavy (non-hydrogen) atoms. The van der Waals surface area contributed by atoms with Crippen molar-refractivity contribution in [1.29, 1.82) is 0 Å². The Morgan fingerprint density at radius 1 is 1.29 bits per heavy atom. The maximum Gasteiger partial charge on any atom is 0.320 e. The number of carbonyl (C=O) groups excluding carboxylic acids is 2. The molecular weight excluding hydrogens is 358 g/mol. The molecule has 0 saturated heterocycles. The van der Waals surface area contributed by atoms with Gasteiger partial charge in [0.2, 0.25) is 0 Å². The molecule has 1 aromatic carbocycles. The summed E-state index contributed by atoms with van der Waals surface area (Å²) < 4.78 is 11.3. The minimum Gasteiger partial charge on any atom is -0.508 e. The van der Waals surface area contributed by atoms with Crippen LogP contribution in [0.15, 0.2) is 18.2 Å². The minimum absolute atomic E-state index is 0.173. The first-order valence-corrected chi connectivity index (χ1v) is 10.2. The van der Waals surface area contributed by atoms with Gasteiger partial charge in [-0.2, -0.15) is 0 Å². The van der Waals surface area contributed by atoms with E-state index in [1.165, 1.54) is 18.1 Å². The van der Waals surface area contributed by atoms with Crippen LogP contribution < -0.4 is 5.73 Å². The lowest BCUT2D eigenvalue weighted by Gasteiger charge is -2.50. The number of fused-ring (bicyclic) bond motifs is 5. The highest BCUT2D eigenvalue weighted by Crippen LogP contribution is 2.62. The summed E-state index contributed by atoms with van der Waals surface area (Å²) in [5.74, 6) is 0.730. The van der Waals surface area contributed by atoms with Crippen LogP contribution in [0.5, 0.6) is 5.75 Å². The van der Waals surface area contributed by atoms with Crippen LogP contribution in [-0.2, 0) is 25.5 Å². The van der Waals surface area contributed by atoms with E-state index in [4.69, 9.17) is 15.2 Å². The Morgan fingerprint density at radius 3 is 2.79 bits per heavy atom. The highest BCUT2D eigenvalue weighted by molar-refractivity contribution is 5.71. The summed E-state index contributed by atoms with van der Waals surface area (Å²) in [5.41, 5.74) is 7.81. The van der Waals surface area contributed by atoms with Crippen molar-refractivity contribution in [3.63, 3.8) is 0 Å². The third-order valence-electron chi connectivity index (χ3n) is 7.36. The molecule has 0 amide bonds. The molecule has 2 fully saturated rings. The molecular formula is C22H29NO5. The smallest absolute Gasteiger partial charge is 0.320 e. The van der Waals surface area contributed by atoms with Gasteiger partial charge >= 0.3 is 11.9 Å². The van der Waals surface area contributed by atoms with Gasteiger partial charge < -0.3 is 20.3 Å². The molecule has 3 N–H and O–H groups in total. The number of benzene rings is 1. The number of phenols is 1. The molecule has 3 aliphatic rings. The Morgan fingerprint density at radius 2 is 2.07 bits per heavy atom. The van der Waals surface area contributed by atoms with Gasteiger partial charge in [0.25, 0.3) is 0 Å². The zero-order valence-electron chi connectivity index (χ0n) is 16.5. The molecule has 3 aliphatic carbocycles. The molecule has 0 bridgehead atoms. The van der Waals surface area contributed by atoms with Gasteiger partial charge in [-0.25, -0.2) is 0 Å². The zero-order chi connectivity index (χ0) is 20.1. The number of hydrogen-bond donors (Lipinski definition) is 2. The quantitative estimate of drug-likeness (QED) is 0.774. The number of esters is 2. The first-order chi connectivity index (χ1) is 13.3. The fraction of sp³-hybridized carbons (Fsp3) is 0.636. The number of hydrogen-bond acceptors (Lipinski definition) is 6. The first-order valence-electron chi connectivity index (χ1n) is 10.2. The van der Waals surface area contributed by atoms with Crippen LogP contribution in [-0.4, -0.2) is 35.8 Å². The van der Waals surface area contributed by atoms with E-state index in [0.29, 0.717) is 29.9 Å². The van der Waals surface area contributed by atoms with Gasteiger partial charge in [-0.05, 0) is 73.1 Å². The Kier molecular flexibility index (Phi) is 4.86. The van der Waals surface area contributed by atoms with Crippen LogP contribution in [0.1, 0.15) is 56.6 Å². The van der Waals surface area contributed by atoms with E-state index in [9.17, 15) is 14.7 Å². The van der Waals surface area contributed by atoms with Gasteiger partial charge in [0.1, 0.15) is 18.0 Å². The predicted octanol–water partition coefficient (Wildman–Crippen LogP) is 2.66. The predicted molar refractivity (Wildman–Crippen MR) is 103 cm³/mol. The maximum atomic E-state index is 11.9. The van der Waals surface area contributed by atoms with Crippen molar-refractivity contribution in [2.24, 2.45) is 23.0 Å². The van der Waals surface area contributed by atoms with Crippen molar-refractivity contribution in [1.82, 2.24) is 0 Å². The van der Waals surface area contributed by atoms with Gasteiger partial charge in [-0.3, -0.25) is 9.59 Å². The van der Waals surface area contributed by atoms with Crippen LogP contribution in [0, 0.1) is 17.3 Å². The van der Waals surface area contributed by atoms with Crippen molar-refractivity contribution in [3.8, 4) is 5.75 Å². The molecule has 0 aliphatic heterocycles. The standard InChI is InChI=1S/C22H29NO5/c1-12(24)27-21-19(28-20(26)11-23)10-18-17-5-3-13-9-14(25)4-6-15(13)16(17)7-8-22(18,21)2/h4,6,9,16-19,21,25H,3,5,7-8,10-11,23H2,1-2H3/t16?,17?,18?,19-,21+,22+/m1/s1. The summed E-state index contributed by atoms with van der Waals surface area (Å²) >= 11 is 0. The van der Waals surface area contributed by atoms with Gasteiger partial charge in [-0.15, -0.1) is 0 Å². The zero-order valence-corrected chi connectivity index (χ0v) is 16.5. The fourth-order valence-electron chi connectivity index (χ4n) is 6.23. The lowest BCUT2D eigenvalue weighted by molar-refractivity contribution is -0.171. The molecule has 0 spiro atoms. The second-order valence-electron chi connectivity index (χ2n) is 8.84. The molecule has 3 unspecified atom stereocenters. The van der Waals surface area contributed by atoms with Gasteiger partial charge in [0, 0.05) is 12.3 Å². The SMILES string of the molecule is CC(=O)O[C@H]1[C@H](OC(=O)CN)CC2C3CCc4cc(O)ccc4C3CC[C@@]21C. The third kappa shape index (κ3) is 3.08. The average molecular weight is 387 g/mol.